The minimum absolute atomic E-state index is 0.287. The Bertz CT molecular complexity index is 295. The smallest absolute Gasteiger partial charge is 0.0333 e. The van der Waals surface area contributed by atoms with Crippen molar-refractivity contribution >= 4 is 0 Å². The van der Waals surface area contributed by atoms with Crippen LogP contribution in [-0.4, -0.2) is 54.1 Å². The first-order valence-corrected chi connectivity index (χ1v) is 8.56. The van der Waals surface area contributed by atoms with Crippen LogP contribution in [0.25, 0.3) is 0 Å². The molecule has 2 aliphatic rings. The van der Waals surface area contributed by atoms with Crippen molar-refractivity contribution < 1.29 is 0 Å². The maximum atomic E-state index is 6.26. The maximum absolute atomic E-state index is 6.26. The topological polar surface area (TPSA) is 32.5 Å². The summed E-state index contributed by atoms with van der Waals surface area (Å²) in [4.78, 5) is 5.25. The SMILES string of the molecule is CC(C)C1CCC(CN)(N2CC(C)N(C)C(C)C2)CC1. The first-order valence-electron chi connectivity index (χ1n) is 8.56. The van der Waals surface area contributed by atoms with E-state index < -0.39 is 0 Å². The first kappa shape index (κ1) is 16.3. The van der Waals surface area contributed by atoms with Crippen molar-refractivity contribution in [1.82, 2.24) is 9.80 Å². The van der Waals surface area contributed by atoms with Crippen LogP contribution in [0.5, 0.6) is 0 Å². The molecule has 2 unspecified atom stereocenters. The predicted octanol–water partition coefficient (Wildman–Crippen LogP) is 2.55. The van der Waals surface area contributed by atoms with E-state index in [0.717, 1.165) is 18.4 Å². The average Bonchev–Trinajstić information content (AvgIpc) is 2.44. The van der Waals surface area contributed by atoms with Gasteiger partial charge in [-0.25, -0.2) is 0 Å². The fraction of sp³-hybridized carbons (Fsp3) is 1.00. The molecule has 1 saturated heterocycles. The molecule has 0 radical (unpaired) electrons. The molecule has 0 amide bonds. The lowest BCUT2D eigenvalue weighted by Crippen LogP contribution is -2.65. The summed E-state index contributed by atoms with van der Waals surface area (Å²) in [5.74, 6) is 1.74. The van der Waals surface area contributed by atoms with Gasteiger partial charge in [0.05, 0.1) is 0 Å². The summed E-state index contributed by atoms with van der Waals surface area (Å²) in [5.41, 5.74) is 6.55. The monoisotopic (exact) mass is 281 g/mol. The highest BCUT2D eigenvalue weighted by Gasteiger charge is 2.43. The van der Waals surface area contributed by atoms with Crippen LogP contribution in [0.2, 0.25) is 0 Å². The quantitative estimate of drug-likeness (QED) is 0.863. The van der Waals surface area contributed by atoms with Crippen LogP contribution >= 0.6 is 0 Å². The Kier molecular flexibility index (Phi) is 5.14. The summed E-state index contributed by atoms with van der Waals surface area (Å²) in [7, 11) is 2.26. The second kappa shape index (κ2) is 6.33. The lowest BCUT2D eigenvalue weighted by Gasteiger charge is -2.54. The average molecular weight is 281 g/mol. The van der Waals surface area contributed by atoms with Crippen LogP contribution in [0, 0.1) is 11.8 Å². The Morgan fingerprint density at radius 3 is 2.00 bits per heavy atom. The third-order valence-corrected chi connectivity index (χ3v) is 6.31. The van der Waals surface area contributed by atoms with Gasteiger partial charge in [-0.2, -0.15) is 0 Å². The van der Waals surface area contributed by atoms with E-state index in [2.05, 4.69) is 44.5 Å². The van der Waals surface area contributed by atoms with Crippen LogP contribution in [-0.2, 0) is 0 Å². The molecule has 118 valence electrons. The zero-order valence-electron chi connectivity index (χ0n) is 14.2. The van der Waals surface area contributed by atoms with E-state index in [1.807, 2.05) is 0 Å². The number of nitrogens with zero attached hydrogens (tertiary/aromatic N) is 2. The molecule has 0 aromatic heterocycles. The van der Waals surface area contributed by atoms with Gasteiger partial charge >= 0.3 is 0 Å². The zero-order chi connectivity index (χ0) is 14.9. The van der Waals surface area contributed by atoms with Crippen LogP contribution < -0.4 is 5.73 Å². The Morgan fingerprint density at radius 1 is 1.10 bits per heavy atom. The summed E-state index contributed by atoms with van der Waals surface area (Å²) in [5, 5.41) is 0. The lowest BCUT2D eigenvalue weighted by molar-refractivity contribution is -0.0349. The van der Waals surface area contributed by atoms with E-state index in [-0.39, 0.29) is 5.54 Å². The number of hydrogen-bond donors (Lipinski definition) is 1. The normalized spacial score (nSPS) is 41.2. The molecule has 0 aromatic rings. The Hall–Kier alpha value is -0.120. The molecule has 2 N–H and O–H groups in total. The van der Waals surface area contributed by atoms with Gasteiger partial charge < -0.3 is 5.73 Å². The summed E-state index contributed by atoms with van der Waals surface area (Å²) in [6.45, 7) is 12.7. The molecular formula is C17H35N3. The molecular weight excluding hydrogens is 246 g/mol. The van der Waals surface area contributed by atoms with E-state index >= 15 is 0 Å². The standard InChI is InChI=1S/C17H35N3/c1-13(2)16-6-8-17(12-18,9-7-16)20-10-14(3)19(5)15(4)11-20/h13-16H,6-12,18H2,1-5H3. The molecule has 3 nitrogen and oxygen atoms in total. The molecule has 1 saturated carbocycles. The van der Waals surface area contributed by atoms with Gasteiger partial charge in [-0.1, -0.05) is 13.8 Å². The van der Waals surface area contributed by atoms with Crippen molar-refractivity contribution in [3.63, 3.8) is 0 Å². The van der Waals surface area contributed by atoms with Gasteiger partial charge in [0.25, 0.3) is 0 Å². The highest BCUT2D eigenvalue weighted by molar-refractivity contribution is 5.00. The van der Waals surface area contributed by atoms with Crippen LogP contribution in [0.4, 0.5) is 0 Å². The Labute approximate surface area is 125 Å². The Morgan fingerprint density at radius 2 is 1.60 bits per heavy atom. The van der Waals surface area contributed by atoms with E-state index in [4.69, 9.17) is 5.73 Å². The van der Waals surface area contributed by atoms with Gasteiger partial charge in [-0.15, -0.1) is 0 Å². The van der Waals surface area contributed by atoms with Gasteiger partial charge in [0.15, 0.2) is 0 Å². The van der Waals surface area contributed by atoms with E-state index in [1.54, 1.807) is 0 Å². The summed E-state index contributed by atoms with van der Waals surface area (Å²) >= 11 is 0. The van der Waals surface area contributed by atoms with Crippen LogP contribution in [0.15, 0.2) is 0 Å². The van der Waals surface area contributed by atoms with Crippen molar-refractivity contribution in [2.75, 3.05) is 26.7 Å². The molecule has 3 heteroatoms. The molecule has 1 aliphatic carbocycles. The molecule has 0 aromatic carbocycles. The lowest BCUT2D eigenvalue weighted by atomic mass is 9.71. The second-order valence-corrected chi connectivity index (χ2v) is 7.78. The molecule has 2 fully saturated rings. The zero-order valence-corrected chi connectivity index (χ0v) is 14.2. The fourth-order valence-corrected chi connectivity index (χ4v) is 4.29. The molecule has 2 rings (SSSR count). The van der Waals surface area contributed by atoms with Crippen molar-refractivity contribution in [3.05, 3.63) is 0 Å². The molecule has 0 spiro atoms. The number of piperazine rings is 1. The fourth-order valence-electron chi connectivity index (χ4n) is 4.29. The molecule has 1 heterocycles. The van der Waals surface area contributed by atoms with E-state index in [0.29, 0.717) is 12.1 Å². The highest BCUT2D eigenvalue weighted by Crippen LogP contribution is 2.40. The van der Waals surface area contributed by atoms with E-state index in [9.17, 15) is 0 Å². The van der Waals surface area contributed by atoms with Crippen LogP contribution in [0.1, 0.15) is 53.4 Å². The minimum atomic E-state index is 0.287. The molecule has 0 bridgehead atoms. The summed E-state index contributed by atoms with van der Waals surface area (Å²) in [6.07, 6.45) is 5.33. The first-order chi connectivity index (χ1) is 9.39. The van der Waals surface area contributed by atoms with Crippen molar-refractivity contribution in [2.24, 2.45) is 17.6 Å². The van der Waals surface area contributed by atoms with Gasteiger partial charge in [-0.3, -0.25) is 9.80 Å². The van der Waals surface area contributed by atoms with Crippen molar-refractivity contribution in [3.8, 4) is 0 Å². The summed E-state index contributed by atoms with van der Waals surface area (Å²) in [6, 6.07) is 1.29. The molecule has 1 aliphatic heterocycles. The van der Waals surface area contributed by atoms with Crippen LogP contribution in [0.3, 0.4) is 0 Å². The number of likely N-dealkylation sites (N-methyl/N-ethyl adjacent to an activating group) is 1. The molecule has 2 atom stereocenters. The largest absolute Gasteiger partial charge is 0.329 e. The second-order valence-electron chi connectivity index (χ2n) is 7.78. The number of nitrogens with two attached hydrogens (primary N) is 1. The third kappa shape index (κ3) is 3.05. The predicted molar refractivity (Wildman–Crippen MR) is 86.8 cm³/mol. The maximum Gasteiger partial charge on any atom is 0.0333 e. The Balaban J connectivity index is 2.05. The van der Waals surface area contributed by atoms with E-state index in [1.165, 1.54) is 38.8 Å². The van der Waals surface area contributed by atoms with Crippen molar-refractivity contribution in [1.29, 1.82) is 0 Å². The van der Waals surface area contributed by atoms with Gasteiger partial charge in [0, 0.05) is 37.3 Å². The minimum Gasteiger partial charge on any atom is -0.329 e. The third-order valence-electron chi connectivity index (χ3n) is 6.31. The highest BCUT2D eigenvalue weighted by atomic mass is 15.3. The van der Waals surface area contributed by atoms with Crippen molar-refractivity contribution in [2.45, 2.75) is 71.0 Å². The number of hydrogen-bond acceptors (Lipinski definition) is 3. The van der Waals surface area contributed by atoms with Gasteiger partial charge in [0.1, 0.15) is 0 Å². The van der Waals surface area contributed by atoms with Gasteiger partial charge in [0.2, 0.25) is 0 Å². The number of rotatable bonds is 3. The summed E-state index contributed by atoms with van der Waals surface area (Å²) < 4.78 is 0. The van der Waals surface area contributed by atoms with Gasteiger partial charge in [-0.05, 0) is 58.4 Å². The molecule has 20 heavy (non-hydrogen) atoms.